The van der Waals surface area contributed by atoms with E-state index in [2.05, 4.69) is 50.4 Å². The van der Waals surface area contributed by atoms with E-state index in [9.17, 15) is 5.11 Å². The van der Waals surface area contributed by atoms with Crippen LogP contribution in [0.5, 0.6) is 0 Å². The summed E-state index contributed by atoms with van der Waals surface area (Å²) >= 11 is 0. The topological polar surface area (TPSA) is 32.3 Å². The Labute approximate surface area is 117 Å². The summed E-state index contributed by atoms with van der Waals surface area (Å²) in [6.07, 6.45) is 3.47. The highest BCUT2D eigenvalue weighted by Gasteiger charge is 2.31. The maximum absolute atomic E-state index is 9.40. The van der Waals surface area contributed by atoms with Crippen molar-refractivity contribution in [2.24, 2.45) is 5.92 Å². The number of hydrogen-bond donors (Lipinski definition) is 2. The number of nitrogens with one attached hydrogen (secondary N) is 1. The molecule has 2 heteroatoms. The zero-order valence-corrected chi connectivity index (χ0v) is 12.4. The third-order valence-corrected chi connectivity index (χ3v) is 4.10. The van der Waals surface area contributed by atoms with Crippen LogP contribution in [0.3, 0.4) is 0 Å². The van der Waals surface area contributed by atoms with Gasteiger partial charge < -0.3 is 10.4 Å². The van der Waals surface area contributed by atoms with Crippen molar-refractivity contribution in [2.75, 3.05) is 6.61 Å². The second kappa shape index (κ2) is 6.53. The van der Waals surface area contributed by atoms with Gasteiger partial charge in [-0.05, 0) is 43.6 Å². The maximum atomic E-state index is 9.40. The molecule has 1 aliphatic rings. The molecule has 0 aliphatic heterocycles. The minimum absolute atomic E-state index is 0.254. The first-order valence-corrected chi connectivity index (χ1v) is 7.52. The first-order valence-electron chi connectivity index (χ1n) is 7.52. The highest BCUT2D eigenvalue weighted by atomic mass is 16.3. The lowest BCUT2D eigenvalue weighted by atomic mass is 9.75. The van der Waals surface area contributed by atoms with Gasteiger partial charge in [-0.1, -0.05) is 43.7 Å². The van der Waals surface area contributed by atoms with Crippen LogP contribution in [0.2, 0.25) is 0 Å². The molecule has 1 aromatic carbocycles. The first-order chi connectivity index (χ1) is 9.08. The maximum Gasteiger partial charge on any atom is 0.0584 e. The second-order valence-corrected chi connectivity index (χ2v) is 6.46. The molecular formula is C17H27NO. The summed E-state index contributed by atoms with van der Waals surface area (Å²) in [6, 6.07) is 9.71. The highest BCUT2D eigenvalue weighted by Crippen LogP contribution is 2.37. The molecule has 1 aliphatic carbocycles. The van der Waals surface area contributed by atoms with Gasteiger partial charge in [0.15, 0.2) is 0 Å². The Kier molecular flexibility index (Phi) is 5.00. The van der Waals surface area contributed by atoms with E-state index < -0.39 is 0 Å². The molecule has 2 N–H and O–H groups in total. The van der Waals surface area contributed by atoms with Gasteiger partial charge in [0.1, 0.15) is 0 Å². The van der Waals surface area contributed by atoms with Gasteiger partial charge in [0.25, 0.3) is 0 Å². The second-order valence-electron chi connectivity index (χ2n) is 6.46. The van der Waals surface area contributed by atoms with Gasteiger partial charge in [-0.25, -0.2) is 0 Å². The molecule has 1 unspecified atom stereocenters. The van der Waals surface area contributed by atoms with Crippen LogP contribution >= 0.6 is 0 Å². The molecule has 0 aromatic heterocycles. The summed E-state index contributed by atoms with van der Waals surface area (Å²) in [5.41, 5.74) is 2.82. The fourth-order valence-electron chi connectivity index (χ4n) is 3.05. The Morgan fingerprint density at radius 1 is 1.32 bits per heavy atom. The minimum atomic E-state index is 0.254. The van der Waals surface area contributed by atoms with E-state index in [1.807, 2.05) is 0 Å². The van der Waals surface area contributed by atoms with Crippen LogP contribution in [0.4, 0.5) is 0 Å². The molecule has 1 atom stereocenters. The van der Waals surface area contributed by atoms with E-state index in [1.165, 1.54) is 24.0 Å². The summed E-state index contributed by atoms with van der Waals surface area (Å²) in [5, 5.41) is 13.0. The largest absolute Gasteiger partial charge is 0.395 e. The molecule has 2 rings (SSSR count). The van der Waals surface area contributed by atoms with E-state index in [-0.39, 0.29) is 12.6 Å². The van der Waals surface area contributed by atoms with Crippen molar-refractivity contribution < 1.29 is 5.11 Å². The Bertz CT molecular complexity index is 396. The van der Waals surface area contributed by atoms with Crippen molar-refractivity contribution in [1.82, 2.24) is 5.32 Å². The highest BCUT2D eigenvalue weighted by molar-refractivity contribution is 5.27. The Morgan fingerprint density at radius 2 is 2.05 bits per heavy atom. The van der Waals surface area contributed by atoms with Gasteiger partial charge in [0, 0.05) is 12.1 Å². The quantitative estimate of drug-likeness (QED) is 0.824. The lowest BCUT2D eigenvalue weighted by molar-refractivity contribution is 0.181. The third-order valence-electron chi connectivity index (χ3n) is 4.10. The molecular weight excluding hydrogens is 234 g/mol. The van der Waals surface area contributed by atoms with Crippen LogP contribution in [-0.2, 0) is 0 Å². The van der Waals surface area contributed by atoms with Crippen molar-refractivity contribution in [2.45, 2.75) is 58.0 Å². The van der Waals surface area contributed by atoms with E-state index in [0.717, 1.165) is 6.42 Å². The fraction of sp³-hybridized carbons (Fsp3) is 0.647. The number of benzene rings is 1. The zero-order chi connectivity index (χ0) is 13.8. The van der Waals surface area contributed by atoms with Crippen LogP contribution in [0, 0.1) is 12.8 Å². The molecule has 0 bridgehead atoms. The van der Waals surface area contributed by atoms with Crippen molar-refractivity contribution in [3.05, 3.63) is 35.4 Å². The average molecular weight is 261 g/mol. The molecule has 1 aromatic rings. The van der Waals surface area contributed by atoms with E-state index in [0.29, 0.717) is 17.9 Å². The van der Waals surface area contributed by atoms with Gasteiger partial charge in [-0.15, -0.1) is 0 Å². The monoisotopic (exact) mass is 261 g/mol. The third kappa shape index (κ3) is 4.05. The number of hydrogen-bond acceptors (Lipinski definition) is 2. The molecule has 0 saturated heterocycles. The van der Waals surface area contributed by atoms with Crippen LogP contribution in [-0.4, -0.2) is 23.8 Å². The fourth-order valence-corrected chi connectivity index (χ4v) is 3.05. The molecule has 0 amide bonds. The van der Waals surface area contributed by atoms with Crippen molar-refractivity contribution in [1.29, 1.82) is 0 Å². The summed E-state index contributed by atoms with van der Waals surface area (Å²) < 4.78 is 0. The number of aliphatic hydroxyl groups excluding tert-OH is 1. The van der Waals surface area contributed by atoms with Crippen LogP contribution in [0.25, 0.3) is 0 Å². The molecule has 19 heavy (non-hydrogen) atoms. The predicted octanol–water partition coefficient (Wildman–Crippen LogP) is 3.24. The van der Waals surface area contributed by atoms with Crippen LogP contribution in [0.15, 0.2) is 24.3 Å². The predicted molar refractivity (Wildman–Crippen MR) is 80.4 cm³/mol. The van der Waals surface area contributed by atoms with E-state index in [1.54, 1.807) is 0 Å². The minimum Gasteiger partial charge on any atom is -0.395 e. The van der Waals surface area contributed by atoms with Crippen molar-refractivity contribution >= 4 is 0 Å². The molecule has 1 saturated carbocycles. The van der Waals surface area contributed by atoms with Crippen molar-refractivity contribution in [3.63, 3.8) is 0 Å². The summed E-state index contributed by atoms with van der Waals surface area (Å²) in [5.74, 6) is 1.34. The van der Waals surface area contributed by atoms with Gasteiger partial charge in [0.2, 0.25) is 0 Å². The molecule has 0 radical (unpaired) electrons. The smallest absolute Gasteiger partial charge is 0.0584 e. The molecule has 0 spiro atoms. The SMILES string of the molecule is Cc1cccc(C2CC(NC(CO)CC(C)C)C2)c1. The summed E-state index contributed by atoms with van der Waals surface area (Å²) in [7, 11) is 0. The molecule has 106 valence electrons. The zero-order valence-electron chi connectivity index (χ0n) is 12.4. The normalized spacial score (nSPS) is 24.3. The van der Waals surface area contributed by atoms with Gasteiger partial charge in [-0.2, -0.15) is 0 Å². The summed E-state index contributed by atoms with van der Waals surface area (Å²) in [6.45, 7) is 6.83. The lowest BCUT2D eigenvalue weighted by Crippen LogP contribution is -2.47. The van der Waals surface area contributed by atoms with Gasteiger partial charge >= 0.3 is 0 Å². The first kappa shape index (κ1) is 14.5. The summed E-state index contributed by atoms with van der Waals surface area (Å²) in [4.78, 5) is 0. The lowest BCUT2D eigenvalue weighted by Gasteiger charge is -2.39. The molecule has 2 nitrogen and oxygen atoms in total. The Hall–Kier alpha value is -0.860. The van der Waals surface area contributed by atoms with Gasteiger partial charge in [0.05, 0.1) is 6.61 Å². The average Bonchev–Trinajstić information content (AvgIpc) is 2.31. The van der Waals surface area contributed by atoms with Crippen molar-refractivity contribution in [3.8, 4) is 0 Å². The molecule has 0 heterocycles. The Balaban J connectivity index is 1.79. The van der Waals surface area contributed by atoms with Crippen LogP contribution in [0.1, 0.15) is 50.2 Å². The number of rotatable bonds is 6. The molecule has 1 fully saturated rings. The standard InChI is InChI=1S/C17H27NO/c1-12(2)7-17(11-19)18-16-9-15(10-16)14-6-4-5-13(3)8-14/h4-6,8,12,15-19H,7,9-11H2,1-3H3. The Morgan fingerprint density at radius 3 is 2.63 bits per heavy atom. The number of aliphatic hydroxyl groups is 1. The van der Waals surface area contributed by atoms with E-state index >= 15 is 0 Å². The van der Waals surface area contributed by atoms with E-state index in [4.69, 9.17) is 0 Å². The van der Waals surface area contributed by atoms with Gasteiger partial charge in [-0.3, -0.25) is 0 Å². The van der Waals surface area contributed by atoms with Crippen LogP contribution < -0.4 is 5.32 Å². The number of aryl methyl sites for hydroxylation is 1.